The number of fused-ring (bicyclic) bond motifs is 1. The van der Waals surface area contributed by atoms with E-state index in [9.17, 15) is 0 Å². The van der Waals surface area contributed by atoms with Crippen molar-refractivity contribution in [2.45, 2.75) is 45.6 Å². The Balaban J connectivity index is 1.88. The number of rotatable bonds is 4. The molecule has 5 nitrogen and oxygen atoms in total. The van der Waals surface area contributed by atoms with Gasteiger partial charge in [0.25, 0.3) is 0 Å². The number of hydrogen-bond donors (Lipinski definition) is 1. The van der Waals surface area contributed by atoms with Gasteiger partial charge in [-0.3, -0.25) is 4.90 Å². The van der Waals surface area contributed by atoms with Gasteiger partial charge in [-0.2, -0.15) is 0 Å². The number of hydrogen-bond acceptors (Lipinski definition) is 5. The number of anilines is 2. The minimum Gasteiger partial charge on any atom is -0.370 e. The van der Waals surface area contributed by atoms with Gasteiger partial charge in [0.1, 0.15) is 18.0 Å². The van der Waals surface area contributed by atoms with Crippen LogP contribution in [0.2, 0.25) is 0 Å². The molecule has 3 heterocycles. The van der Waals surface area contributed by atoms with Crippen LogP contribution in [0.5, 0.6) is 0 Å². The van der Waals surface area contributed by atoms with Gasteiger partial charge in [0.15, 0.2) is 0 Å². The molecule has 1 N–H and O–H groups in total. The van der Waals surface area contributed by atoms with Crippen LogP contribution in [0.1, 0.15) is 45.1 Å². The summed E-state index contributed by atoms with van der Waals surface area (Å²) in [6.07, 6.45) is 4.39. The highest BCUT2D eigenvalue weighted by Gasteiger charge is 2.32. The van der Waals surface area contributed by atoms with Crippen LogP contribution in [-0.4, -0.2) is 53.6 Å². The third-order valence-corrected chi connectivity index (χ3v) is 4.67. The second-order valence-corrected chi connectivity index (χ2v) is 6.42. The number of nitrogens with one attached hydrogen (secondary N) is 1. The first-order valence-electron chi connectivity index (χ1n) is 8.28. The highest BCUT2D eigenvalue weighted by molar-refractivity contribution is 5.60. The first-order valence-corrected chi connectivity index (χ1v) is 8.28. The Hall–Kier alpha value is -1.36. The fraction of sp³-hybridized carbons (Fsp3) is 0.750. The predicted octanol–water partition coefficient (Wildman–Crippen LogP) is 2.32. The highest BCUT2D eigenvalue weighted by atomic mass is 15.3. The van der Waals surface area contributed by atoms with E-state index in [0.717, 1.165) is 37.3 Å². The second kappa shape index (κ2) is 6.18. The van der Waals surface area contributed by atoms with E-state index in [1.807, 2.05) is 0 Å². The molecule has 0 aromatic carbocycles. The summed E-state index contributed by atoms with van der Waals surface area (Å²) in [4.78, 5) is 14.2. The van der Waals surface area contributed by atoms with Gasteiger partial charge in [0, 0.05) is 37.8 Å². The standard InChI is InChI=1S/C16H27N5/c1-4-17-15-14(12(2)3)16(19-11-18-15)21-9-8-20-7-5-6-13(20)10-21/h11-13H,4-10H2,1-3H3,(H,17,18,19). The normalized spacial score (nSPS) is 22.7. The lowest BCUT2D eigenvalue weighted by Gasteiger charge is -2.39. The summed E-state index contributed by atoms with van der Waals surface area (Å²) in [6.45, 7) is 12.1. The van der Waals surface area contributed by atoms with E-state index >= 15 is 0 Å². The predicted molar refractivity (Wildman–Crippen MR) is 87.1 cm³/mol. The average molecular weight is 289 g/mol. The van der Waals surface area contributed by atoms with Crippen LogP contribution in [0.3, 0.4) is 0 Å². The lowest BCUT2D eigenvalue weighted by atomic mass is 10.0. The lowest BCUT2D eigenvalue weighted by molar-refractivity contribution is 0.230. The third kappa shape index (κ3) is 2.84. The van der Waals surface area contributed by atoms with E-state index in [4.69, 9.17) is 0 Å². The topological polar surface area (TPSA) is 44.3 Å². The van der Waals surface area contributed by atoms with Gasteiger partial charge in [-0.05, 0) is 32.2 Å². The zero-order valence-corrected chi connectivity index (χ0v) is 13.5. The van der Waals surface area contributed by atoms with E-state index in [1.165, 1.54) is 31.5 Å². The van der Waals surface area contributed by atoms with Gasteiger partial charge in [-0.1, -0.05) is 13.8 Å². The third-order valence-electron chi connectivity index (χ3n) is 4.67. The molecule has 2 aliphatic heterocycles. The molecule has 2 fully saturated rings. The van der Waals surface area contributed by atoms with Crippen molar-refractivity contribution in [1.29, 1.82) is 0 Å². The van der Waals surface area contributed by atoms with Crippen LogP contribution in [0, 0.1) is 0 Å². The van der Waals surface area contributed by atoms with Crippen molar-refractivity contribution in [3.63, 3.8) is 0 Å². The minimum atomic E-state index is 0.428. The van der Waals surface area contributed by atoms with Crippen LogP contribution in [-0.2, 0) is 0 Å². The van der Waals surface area contributed by atoms with Crippen LogP contribution >= 0.6 is 0 Å². The summed E-state index contributed by atoms with van der Waals surface area (Å²) >= 11 is 0. The van der Waals surface area contributed by atoms with Gasteiger partial charge < -0.3 is 10.2 Å². The lowest BCUT2D eigenvalue weighted by Crippen LogP contribution is -2.50. The molecule has 0 aliphatic carbocycles. The van der Waals surface area contributed by atoms with E-state index < -0.39 is 0 Å². The molecular formula is C16H27N5. The Morgan fingerprint density at radius 1 is 1.29 bits per heavy atom. The molecule has 0 saturated carbocycles. The molecule has 0 bridgehead atoms. The summed E-state index contributed by atoms with van der Waals surface area (Å²) in [5.74, 6) is 2.57. The molecule has 1 unspecified atom stereocenters. The Kier molecular flexibility index (Phi) is 4.29. The van der Waals surface area contributed by atoms with E-state index in [0.29, 0.717) is 5.92 Å². The number of piperazine rings is 1. The zero-order chi connectivity index (χ0) is 14.8. The molecule has 1 aromatic heterocycles. The highest BCUT2D eigenvalue weighted by Crippen LogP contribution is 2.33. The average Bonchev–Trinajstić information content (AvgIpc) is 2.94. The maximum atomic E-state index is 4.64. The quantitative estimate of drug-likeness (QED) is 0.921. The molecule has 1 atom stereocenters. The smallest absolute Gasteiger partial charge is 0.137 e. The van der Waals surface area contributed by atoms with Gasteiger partial charge >= 0.3 is 0 Å². The van der Waals surface area contributed by atoms with Gasteiger partial charge in [-0.15, -0.1) is 0 Å². The van der Waals surface area contributed by atoms with Crippen molar-refractivity contribution in [2.24, 2.45) is 0 Å². The van der Waals surface area contributed by atoms with Crippen LogP contribution in [0.25, 0.3) is 0 Å². The Morgan fingerprint density at radius 2 is 2.14 bits per heavy atom. The minimum absolute atomic E-state index is 0.428. The maximum absolute atomic E-state index is 4.64. The monoisotopic (exact) mass is 289 g/mol. The van der Waals surface area contributed by atoms with Gasteiger partial charge in [0.2, 0.25) is 0 Å². The Labute approximate surface area is 127 Å². The van der Waals surface area contributed by atoms with Gasteiger partial charge in [0.05, 0.1) is 0 Å². The molecule has 3 rings (SSSR count). The summed E-state index contributed by atoms with van der Waals surface area (Å²) in [6, 6.07) is 0.719. The fourth-order valence-corrected chi connectivity index (χ4v) is 3.66. The molecule has 21 heavy (non-hydrogen) atoms. The van der Waals surface area contributed by atoms with Crippen molar-refractivity contribution in [3.8, 4) is 0 Å². The van der Waals surface area contributed by atoms with Crippen LogP contribution in [0.4, 0.5) is 11.6 Å². The van der Waals surface area contributed by atoms with Crippen molar-refractivity contribution in [3.05, 3.63) is 11.9 Å². The summed E-state index contributed by atoms with van der Waals surface area (Å²) in [5, 5.41) is 3.40. The maximum Gasteiger partial charge on any atom is 0.137 e. The number of aromatic nitrogens is 2. The van der Waals surface area contributed by atoms with Crippen molar-refractivity contribution >= 4 is 11.6 Å². The van der Waals surface area contributed by atoms with E-state index in [1.54, 1.807) is 6.33 Å². The second-order valence-electron chi connectivity index (χ2n) is 6.42. The molecule has 116 valence electrons. The fourth-order valence-electron chi connectivity index (χ4n) is 3.66. The SMILES string of the molecule is CCNc1ncnc(N2CCN3CCCC3C2)c1C(C)C. The summed E-state index contributed by atoms with van der Waals surface area (Å²) < 4.78 is 0. The van der Waals surface area contributed by atoms with Crippen molar-refractivity contribution in [2.75, 3.05) is 42.9 Å². The molecule has 0 radical (unpaired) electrons. The first kappa shape index (κ1) is 14.6. The van der Waals surface area contributed by atoms with E-state index in [2.05, 4.69) is 45.9 Å². The molecule has 1 aromatic rings. The summed E-state index contributed by atoms with van der Waals surface area (Å²) in [5.41, 5.74) is 1.27. The Bertz CT molecular complexity index is 488. The van der Waals surface area contributed by atoms with Gasteiger partial charge in [-0.25, -0.2) is 9.97 Å². The molecule has 0 amide bonds. The molecule has 5 heteroatoms. The zero-order valence-electron chi connectivity index (χ0n) is 13.5. The molecule has 0 spiro atoms. The molecular weight excluding hydrogens is 262 g/mol. The Morgan fingerprint density at radius 3 is 2.90 bits per heavy atom. The first-order chi connectivity index (χ1) is 10.2. The molecule has 2 aliphatic rings. The van der Waals surface area contributed by atoms with Crippen molar-refractivity contribution < 1.29 is 0 Å². The van der Waals surface area contributed by atoms with Crippen LogP contribution < -0.4 is 10.2 Å². The summed E-state index contributed by atoms with van der Waals surface area (Å²) in [7, 11) is 0. The van der Waals surface area contributed by atoms with Crippen molar-refractivity contribution in [1.82, 2.24) is 14.9 Å². The van der Waals surface area contributed by atoms with E-state index in [-0.39, 0.29) is 0 Å². The van der Waals surface area contributed by atoms with Crippen LogP contribution in [0.15, 0.2) is 6.33 Å². The largest absolute Gasteiger partial charge is 0.370 e. The molecule has 2 saturated heterocycles. The number of nitrogens with zero attached hydrogens (tertiary/aromatic N) is 4.